The van der Waals surface area contributed by atoms with Crippen molar-refractivity contribution < 1.29 is 18.3 Å². The van der Waals surface area contributed by atoms with E-state index < -0.39 is 7.60 Å². The zero-order valence-corrected chi connectivity index (χ0v) is 13.8. The third-order valence-corrected chi connectivity index (χ3v) is 5.18. The summed E-state index contributed by atoms with van der Waals surface area (Å²) in [6.07, 6.45) is 0.277. The summed E-state index contributed by atoms with van der Waals surface area (Å²) in [6, 6.07) is 7.85. The van der Waals surface area contributed by atoms with Gasteiger partial charge in [-0.1, -0.05) is 34.1 Å². The number of hydrogen-bond acceptors (Lipinski definition) is 4. The molecule has 0 saturated carbocycles. The quantitative estimate of drug-likeness (QED) is 0.493. The second-order valence-corrected chi connectivity index (χ2v) is 6.85. The maximum absolute atomic E-state index is 12.2. The lowest BCUT2D eigenvalue weighted by Crippen LogP contribution is -2.06. The number of benzene rings is 1. The van der Waals surface area contributed by atoms with Crippen LogP contribution in [0.3, 0.4) is 0 Å². The summed E-state index contributed by atoms with van der Waals surface area (Å²) >= 11 is 3.45. The van der Waals surface area contributed by atoms with Crippen molar-refractivity contribution >= 4 is 23.5 Å². The van der Waals surface area contributed by atoms with E-state index in [0.29, 0.717) is 26.4 Å². The van der Waals surface area contributed by atoms with Gasteiger partial charge in [-0.05, 0) is 25.5 Å². The van der Waals surface area contributed by atoms with Gasteiger partial charge in [0.15, 0.2) is 0 Å². The van der Waals surface area contributed by atoms with Crippen LogP contribution in [-0.4, -0.2) is 26.0 Å². The van der Waals surface area contributed by atoms with Crippen molar-refractivity contribution in [2.24, 2.45) is 0 Å². The molecule has 0 N–H and O–H groups in total. The summed E-state index contributed by atoms with van der Waals surface area (Å²) in [4.78, 5) is 0. The molecule has 0 unspecified atom stereocenters. The van der Waals surface area contributed by atoms with Crippen molar-refractivity contribution in [2.75, 3.05) is 26.0 Å². The Labute approximate surface area is 123 Å². The van der Waals surface area contributed by atoms with Gasteiger partial charge in [0.1, 0.15) is 0 Å². The molecule has 108 valence electrons. The minimum atomic E-state index is -2.99. The molecule has 0 aliphatic heterocycles. The molecule has 0 bridgehead atoms. The fourth-order valence-corrected chi connectivity index (χ4v) is 3.41. The first kappa shape index (κ1) is 16.9. The highest BCUT2D eigenvalue weighted by molar-refractivity contribution is 9.10. The van der Waals surface area contributed by atoms with Gasteiger partial charge in [0, 0.05) is 4.47 Å². The van der Waals surface area contributed by atoms with E-state index in [4.69, 9.17) is 13.8 Å². The van der Waals surface area contributed by atoms with Gasteiger partial charge >= 0.3 is 7.60 Å². The molecule has 0 fully saturated rings. The smallest absolute Gasteiger partial charge is 0.332 e. The summed E-state index contributed by atoms with van der Waals surface area (Å²) < 4.78 is 29.1. The highest BCUT2D eigenvalue weighted by atomic mass is 79.9. The Hall–Kier alpha value is -0.190. The molecular formula is C13H20BrO4P. The molecule has 4 nitrogen and oxygen atoms in total. The van der Waals surface area contributed by atoms with E-state index >= 15 is 0 Å². The lowest BCUT2D eigenvalue weighted by Gasteiger charge is -2.16. The van der Waals surface area contributed by atoms with E-state index in [1.807, 2.05) is 24.3 Å². The van der Waals surface area contributed by atoms with Crippen molar-refractivity contribution in [3.05, 3.63) is 34.3 Å². The molecule has 1 aromatic carbocycles. The predicted molar refractivity (Wildman–Crippen MR) is 79.5 cm³/mol. The summed E-state index contributed by atoms with van der Waals surface area (Å²) in [5, 5.41) is 0. The van der Waals surface area contributed by atoms with E-state index in [1.54, 1.807) is 13.8 Å². The molecule has 1 rings (SSSR count). The normalized spacial score (nSPS) is 11.7. The average Bonchev–Trinajstić information content (AvgIpc) is 2.37. The van der Waals surface area contributed by atoms with E-state index in [-0.39, 0.29) is 6.16 Å². The van der Waals surface area contributed by atoms with Gasteiger partial charge in [-0.2, -0.15) is 0 Å². The minimum Gasteiger partial charge on any atom is -0.376 e. The Morgan fingerprint density at radius 3 is 2.37 bits per heavy atom. The molecule has 0 radical (unpaired) electrons. The summed E-state index contributed by atoms with van der Waals surface area (Å²) in [5.41, 5.74) is 1.06. The van der Waals surface area contributed by atoms with Gasteiger partial charge in [0.25, 0.3) is 0 Å². The zero-order chi connectivity index (χ0) is 14.1. The largest absolute Gasteiger partial charge is 0.376 e. The van der Waals surface area contributed by atoms with Crippen LogP contribution in [0.1, 0.15) is 19.4 Å². The molecule has 0 heterocycles. The number of rotatable bonds is 9. The maximum Gasteiger partial charge on any atom is 0.332 e. The fourth-order valence-electron chi connectivity index (χ4n) is 1.53. The molecular weight excluding hydrogens is 331 g/mol. The fraction of sp³-hybridized carbons (Fsp3) is 0.538. The summed E-state index contributed by atoms with van der Waals surface area (Å²) in [6.45, 7) is 5.17. The molecule has 0 spiro atoms. The van der Waals surface area contributed by atoms with Crippen LogP contribution in [0.15, 0.2) is 28.7 Å². The van der Waals surface area contributed by atoms with Crippen LogP contribution in [0.2, 0.25) is 0 Å². The van der Waals surface area contributed by atoms with Crippen LogP contribution in [-0.2, 0) is 25.0 Å². The Bertz CT molecular complexity index is 415. The van der Waals surface area contributed by atoms with E-state index in [9.17, 15) is 4.57 Å². The molecule has 19 heavy (non-hydrogen) atoms. The highest BCUT2D eigenvalue weighted by Crippen LogP contribution is 2.47. The lowest BCUT2D eigenvalue weighted by atomic mass is 10.2. The second kappa shape index (κ2) is 8.88. The lowest BCUT2D eigenvalue weighted by molar-refractivity contribution is 0.126. The maximum atomic E-state index is 12.2. The second-order valence-electron chi connectivity index (χ2n) is 3.81. The molecule has 0 aliphatic carbocycles. The van der Waals surface area contributed by atoms with Crippen LogP contribution in [0.25, 0.3) is 0 Å². The molecule has 0 aromatic heterocycles. The van der Waals surface area contributed by atoms with E-state index in [2.05, 4.69) is 15.9 Å². The number of ether oxygens (including phenoxy) is 1. The Balaban J connectivity index is 2.37. The summed E-state index contributed by atoms with van der Waals surface area (Å²) in [7, 11) is -2.99. The Kier molecular flexibility index (Phi) is 7.88. The molecule has 0 amide bonds. The summed E-state index contributed by atoms with van der Waals surface area (Å²) in [5.74, 6) is 0. The third kappa shape index (κ3) is 6.19. The van der Waals surface area contributed by atoms with Gasteiger partial charge in [-0.25, -0.2) is 0 Å². The molecule has 0 aliphatic rings. The van der Waals surface area contributed by atoms with Crippen LogP contribution >= 0.6 is 23.5 Å². The first-order valence-electron chi connectivity index (χ1n) is 6.30. The van der Waals surface area contributed by atoms with Gasteiger partial charge in [0.2, 0.25) is 0 Å². The monoisotopic (exact) mass is 350 g/mol. The van der Waals surface area contributed by atoms with E-state index in [0.717, 1.165) is 10.0 Å². The van der Waals surface area contributed by atoms with Crippen molar-refractivity contribution in [3.63, 3.8) is 0 Å². The van der Waals surface area contributed by atoms with Crippen LogP contribution in [0, 0.1) is 0 Å². The first-order chi connectivity index (χ1) is 9.11. The number of hydrogen-bond donors (Lipinski definition) is 0. The predicted octanol–water partition coefficient (Wildman–Crippen LogP) is 4.23. The van der Waals surface area contributed by atoms with Crippen LogP contribution in [0.4, 0.5) is 0 Å². The minimum absolute atomic E-state index is 0.277. The SMILES string of the molecule is CCOP(=O)(CCOCc1ccccc1Br)OCC. The Morgan fingerprint density at radius 2 is 1.79 bits per heavy atom. The molecule has 6 heteroatoms. The van der Waals surface area contributed by atoms with Crippen molar-refractivity contribution in [1.29, 1.82) is 0 Å². The standard InChI is InChI=1S/C13H20BrO4P/c1-3-17-19(15,18-4-2)10-9-16-11-12-7-5-6-8-13(12)14/h5-8H,3-4,9-11H2,1-2H3. The Morgan fingerprint density at radius 1 is 1.16 bits per heavy atom. The highest BCUT2D eigenvalue weighted by Gasteiger charge is 2.22. The van der Waals surface area contributed by atoms with E-state index in [1.165, 1.54) is 0 Å². The van der Waals surface area contributed by atoms with Gasteiger partial charge in [0.05, 0.1) is 32.6 Å². The van der Waals surface area contributed by atoms with Gasteiger partial charge in [-0.15, -0.1) is 0 Å². The molecule has 1 aromatic rings. The van der Waals surface area contributed by atoms with Crippen LogP contribution in [0.5, 0.6) is 0 Å². The molecule has 0 atom stereocenters. The van der Waals surface area contributed by atoms with Gasteiger partial charge in [-0.3, -0.25) is 4.57 Å². The first-order valence-corrected chi connectivity index (χ1v) is 8.82. The topological polar surface area (TPSA) is 44.8 Å². The van der Waals surface area contributed by atoms with Crippen LogP contribution < -0.4 is 0 Å². The zero-order valence-electron chi connectivity index (χ0n) is 11.3. The van der Waals surface area contributed by atoms with Gasteiger partial charge < -0.3 is 13.8 Å². The van der Waals surface area contributed by atoms with Crippen molar-refractivity contribution in [1.82, 2.24) is 0 Å². The third-order valence-electron chi connectivity index (χ3n) is 2.38. The average molecular weight is 351 g/mol. The van der Waals surface area contributed by atoms with Crippen molar-refractivity contribution in [2.45, 2.75) is 20.5 Å². The number of halogens is 1. The molecule has 0 saturated heterocycles. The van der Waals surface area contributed by atoms with Crippen molar-refractivity contribution in [3.8, 4) is 0 Å².